The van der Waals surface area contributed by atoms with E-state index in [2.05, 4.69) is 55.9 Å². The van der Waals surface area contributed by atoms with Gasteiger partial charge in [-0.15, -0.1) is 0 Å². The van der Waals surface area contributed by atoms with Gasteiger partial charge in [0, 0.05) is 124 Å². The fourth-order valence-electron chi connectivity index (χ4n) is 8.81. The minimum atomic E-state index is -0.220. The molecular weight excluding hydrogens is 863 g/mol. The van der Waals surface area contributed by atoms with Crippen molar-refractivity contribution in [3.63, 3.8) is 0 Å². The maximum absolute atomic E-state index is 11.8. The van der Waals surface area contributed by atoms with E-state index in [4.69, 9.17) is 29.4 Å². The Morgan fingerprint density at radius 3 is 1.87 bits per heavy atom. The summed E-state index contributed by atoms with van der Waals surface area (Å²) in [6.45, 7) is 12.4. The van der Waals surface area contributed by atoms with Gasteiger partial charge in [0.15, 0.2) is 11.6 Å². The minimum absolute atomic E-state index is 0.217. The van der Waals surface area contributed by atoms with E-state index in [1.165, 1.54) is 5.56 Å². The van der Waals surface area contributed by atoms with Crippen molar-refractivity contribution in [3.05, 3.63) is 114 Å². The van der Waals surface area contributed by atoms with Crippen LogP contribution in [0.2, 0.25) is 0 Å². The fraction of sp³-hybridized carbons (Fsp3) is 0.388. The lowest BCUT2D eigenvalue weighted by atomic mass is 9.89. The predicted molar refractivity (Wildman–Crippen MR) is 260 cm³/mol. The number of amides is 4. The summed E-state index contributed by atoms with van der Waals surface area (Å²) in [6, 6.07) is 16.7. The fourth-order valence-corrected chi connectivity index (χ4v) is 8.81. The molecule has 4 amide bonds. The molecule has 0 saturated carbocycles. The van der Waals surface area contributed by atoms with Gasteiger partial charge < -0.3 is 45.4 Å². The molecule has 0 radical (unpaired) electrons. The van der Waals surface area contributed by atoms with E-state index in [0.29, 0.717) is 57.0 Å². The number of morpholine rings is 1. The maximum atomic E-state index is 11.8. The zero-order chi connectivity index (χ0) is 46.7. The molecule has 4 aliphatic heterocycles. The van der Waals surface area contributed by atoms with E-state index in [9.17, 15) is 9.59 Å². The molecule has 0 bridgehead atoms. The molecule has 0 aliphatic carbocycles. The molecule has 68 heavy (non-hydrogen) atoms. The summed E-state index contributed by atoms with van der Waals surface area (Å²) in [5.74, 6) is 4.32. The highest BCUT2D eigenvalue weighted by atomic mass is 16.5. The van der Waals surface area contributed by atoms with E-state index >= 15 is 0 Å². The maximum Gasteiger partial charge on any atom is 0.319 e. The Morgan fingerprint density at radius 2 is 1.24 bits per heavy atom. The third-order valence-electron chi connectivity index (χ3n) is 12.2. The molecule has 2 saturated heterocycles. The second-order valence-corrected chi connectivity index (χ2v) is 16.7. The van der Waals surface area contributed by atoms with Gasteiger partial charge in [-0.25, -0.2) is 44.5 Å². The molecule has 2 aromatic carbocycles. The van der Waals surface area contributed by atoms with Crippen LogP contribution in [0, 0.1) is 0 Å². The molecule has 0 atom stereocenters. The van der Waals surface area contributed by atoms with E-state index in [1.54, 1.807) is 31.0 Å². The molecular formula is C49H57N15O4. The zero-order valence-corrected chi connectivity index (χ0v) is 38.5. The first-order valence-electron chi connectivity index (χ1n) is 23.5. The Kier molecular flexibility index (Phi) is 14.8. The van der Waals surface area contributed by atoms with Gasteiger partial charge in [0.25, 0.3) is 0 Å². The number of ether oxygens (including phenoxy) is 2. The lowest BCUT2D eigenvalue weighted by Crippen LogP contribution is -2.40. The molecule has 0 unspecified atom stereocenters. The van der Waals surface area contributed by atoms with Crippen LogP contribution in [0.1, 0.15) is 60.8 Å². The van der Waals surface area contributed by atoms with Gasteiger partial charge in [0.05, 0.1) is 43.0 Å². The first-order chi connectivity index (χ1) is 33.4. The Balaban J connectivity index is 0.000000170. The average molecular weight is 920 g/mol. The number of fused-ring (bicyclic) bond motifs is 2. The van der Waals surface area contributed by atoms with Gasteiger partial charge in [-0.05, 0) is 93.3 Å². The molecule has 6 aromatic rings. The van der Waals surface area contributed by atoms with Crippen molar-refractivity contribution in [1.29, 1.82) is 0 Å². The van der Waals surface area contributed by atoms with Gasteiger partial charge in [-0.2, -0.15) is 0 Å². The van der Waals surface area contributed by atoms with Crippen LogP contribution in [-0.2, 0) is 35.4 Å². The van der Waals surface area contributed by atoms with Crippen molar-refractivity contribution in [2.75, 3.05) is 91.0 Å². The van der Waals surface area contributed by atoms with Crippen molar-refractivity contribution < 1.29 is 19.1 Å². The predicted octanol–water partition coefficient (Wildman–Crippen LogP) is 6.01. The summed E-state index contributed by atoms with van der Waals surface area (Å²) in [5.41, 5.74) is 8.94. The van der Waals surface area contributed by atoms with Gasteiger partial charge in [0.1, 0.15) is 11.6 Å². The summed E-state index contributed by atoms with van der Waals surface area (Å²) >= 11 is 0. The second-order valence-electron chi connectivity index (χ2n) is 16.7. The highest BCUT2D eigenvalue weighted by Gasteiger charge is 2.30. The van der Waals surface area contributed by atoms with Crippen LogP contribution in [0.4, 0.5) is 38.5 Å². The standard InChI is InChI=1S/C25H29N7O2.C24H28N8O2/c1-2-26-25(33)29-19-6-4-18(5-7-19)23-30-21-16-32(24-27-11-3-12-28-24)13-8-20(21)22(31-23)17-9-14-34-15-10-17;1-2-26-24(33)28-18-5-3-17(4-6-18)22-29-20-7-10-32(21-15-25-8-9-27-21)16-19(20)23(30-22)31-11-13-34-14-12-31/h3-7,11-12,17H,2,8-10,13-16H2,1H3,(H2,26,29,33);3-6,8-9,15H,2,7,10-14,16H2,1H3,(H2,26,28,33). The molecule has 4 N–H and O–H groups in total. The smallest absolute Gasteiger partial charge is 0.319 e. The number of hydrogen-bond donors (Lipinski definition) is 4. The monoisotopic (exact) mass is 919 g/mol. The summed E-state index contributed by atoms with van der Waals surface area (Å²) < 4.78 is 11.2. The molecule has 0 spiro atoms. The highest BCUT2D eigenvalue weighted by molar-refractivity contribution is 5.90. The average Bonchev–Trinajstić information content (AvgIpc) is 3.39. The van der Waals surface area contributed by atoms with Gasteiger partial charge in [-0.1, -0.05) is 0 Å². The van der Waals surface area contributed by atoms with E-state index < -0.39 is 0 Å². The molecule has 8 heterocycles. The first-order valence-corrected chi connectivity index (χ1v) is 23.5. The minimum Gasteiger partial charge on any atom is -0.381 e. The molecule has 352 valence electrons. The number of aromatic nitrogens is 8. The van der Waals surface area contributed by atoms with Crippen molar-refractivity contribution in [3.8, 4) is 22.8 Å². The number of carbonyl (C=O) groups excluding carboxylic acids is 2. The number of rotatable bonds is 10. The zero-order valence-electron chi connectivity index (χ0n) is 38.5. The highest BCUT2D eigenvalue weighted by Crippen LogP contribution is 2.35. The van der Waals surface area contributed by atoms with Gasteiger partial charge >= 0.3 is 12.1 Å². The van der Waals surface area contributed by atoms with Crippen LogP contribution in [0.5, 0.6) is 0 Å². The third-order valence-corrected chi connectivity index (χ3v) is 12.2. The second kappa shape index (κ2) is 21.9. The Hall–Kier alpha value is -7.38. The van der Waals surface area contributed by atoms with Crippen molar-refractivity contribution in [2.24, 2.45) is 0 Å². The number of nitrogens with one attached hydrogen (secondary N) is 4. The van der Waals surface area contributed by atoms with Gasteiger partial charge in [0.2, 0.25) is 5.95 Å². The number of anilines is 5. The van der Waals surface area contributed by atoms with Gasteiger partial charge in [-0.3, -0.25) is 4.98 Å². The number of benzene rings is 2. The summed E-state index contributed by atoms with van der Waals surface area (Å²) in [6.07, 6.45) is 12.4. The molecule has 2 fully saturated rings. The Labute approximate surface area is 395 Å². The molecule has 4 aliphatic rings. The largest absolute Gasteiger partial charge is 0.381 e. The lowest BCUT2D eigenvalue weighted by molar-refractivity contribution is 0.0842. The van der Waals surface area contributed by atoms with Crippen LogP contribution in [0.25, 0.3) is 22.8 Å². The summed E-state index contributed by atoms with van der Waals surface area (Å²) in [7, 11) is 0. The number of urea groups is 2. The molecule has 4 aromatic heterocycles. The lowest BCUT2D eigenvalue weighted by Gasteiger charge is -2.35. The van der Waals surface area contributed by atoms with Crippen LogP contribution < -0.4 is 36.0 Å². The van der Waals surface area contributed by atoms with Crippen molar-refractivity contribution >= 4 is 41.0 Å². The normalized spacial score (nSPS) is 15.8. The van der Waals surface area contributed by atoms with Crippen LogP contribution in [-0.4, -0.2) is 118 Å². The SMILES string of the molecule is CCNC(=O)Nc1ccc(-c2nc3c(c(C4CCOCC4)n2)CCN(c2ncccn2)C3)cc1.CCNC(=O)Nc1ccc(-c2nc3c(c(N4CCOCC4)n2)CN(c2cnccn2)CC3)cc1. The number of nitrogens with zero attached hydrogens (tertiary/aromatic N) is 11. The van der Waals surface area contributed by atoms with E-state index in [-0.39, 0.29) is 12.1 Å². The van der Waals surface area contributed by atoms with Crippen LogP contribution in [0.3, 0.4) is 0 Å². The van der Waals surface area contributed by atoms with Crippen LogP contribution in [0.15, 0.2) is 85.6 Å². The topological polar surface area (TPSA) is 214 Å². The third kappa shape index (κ3) is 11.1. The van der Waals surface area contributed by atoms with E-state index in [1.807, 2.05) is 68.4 Å². The Bertz CT molecular complexity index is 2630. The Morgan fingerprint density at radius 1 is 0.618 bits per heavy atom. The summed E-state index contributed by atoms with van der Waals surface area (Å²) in [5, 5.41) is 11.1. The number of hydrogen-bond acceptors (Lipinski definition) is 15. The molecule has 19 heteroatoms. The number of carbonyl (C=O) groups is 2. The quantitative estimate of drug-likeness (QED) is 0.124. The van der Waals surface area contributed by atoms with E-state index in [0.717, 1.165) is 128 Å². The van der Waals surface area contributed by atoms with Crippen molar-refractivity contribution in [1.82, 2.24) is 50.5 Å². The summed E-state index contributed by atoms with van der Waals surface area (Å²) in [4.78, 5) is 67.9. The molecule has 10 rings (SSSR count). The first kappa shape index (κ1) is 45.8. The van der Waals surface area contributed by atoms with Crippen LogP contribution >= 0.6 is 0 Å². The molecule has 19 nitrogen and oxygen atoms in total. The van der Waals surface area contributed by atoms with Crippen molar-refractivity contribution in [2.45, 2.75) is 58.5 Å².